The average Bonchev–Trinajstić information content (AvgIpc) is 2.57. The van der Waals surface area contributed by atoms with Gasteiger partial charge in [0, 0.05) is 6.08 Å². The molecule has 0 aliphatic rings. The minimum absolute atomic E-state index is 0.0702. The Balaban J connectivity index is 1.75. The Bertz CT molecular complexity index is 738. The van der Waals surface area contributed by atoms with Crippen LogP contribution in [-0.4, -0.2) is 36.3 Å². The molecular formula is C16H14Cl2N2O4. The molecule has 0 spiro atoms. The molecule has 24 heavy (non-hydrogen) atoms. The van der Waals surface area contributed by atoms with Crippen molar-refractivity contribution in [3.8, 4) is 11.6 Å². The second-order valence-corrected chi connectivity index (χ2v) is 5.22. The smallest absolute Gasteiger partial charge is 0.330 e. The lowest BCUT2D eigenvalue weighted by molar-refractivity contribution is -0.138. The van der Waals surface area contributed by atoms with E-state index in [0.717, 1.165) is 5.56 Å². The molecule has 0 radical (unpaired) electrons. The fourth-order valence-electron chi connectivity index (χ4n) is 1.68. The molecule has 0 bridgehead atoms. The fourth-order valence-corrected chi connectivity index (χ4v) is 2.09. The third kappa shape index (κ3) is 5.72. The number of rotatable bonds is 7. The first-order chi connectivity index (χ1) is 11.6. The highest BCUT2D eigenvalue weighted by Crippen LogP contribution is 2.25. The number of halogens is 2. The van der Waals surface area contributed by atoms with Gasteiger partial charge < -0.3 is 14.2 Å². The summed E-state index contributed by atoms with van der Waals surface area (Å²) in [5.74, 6) is 0.336. The lowest BCUT2D eigenvalue weighted by atomic mass is 10.2. The van der Waals surface area contributed by atoms with Crippen LogP contribution in [0.3, 0.4) is 0 Å². The second kappa shape index (κ2) is 9.10. The number of nitrogens with zero attached hydrogens (tertiary/aromatic N) is 2. The zero-order valence-electron chi connectivity index (χ0n) is 12.7. The van der Waals surface area contributed by atoms with Gasteiger partial charge in [-0.05, 0) is 23.8 Å². The van der Waals surface area contributed by atoms with Crippen LogP contribution in [0.15, 0.2) is 36.7 Å². The van der Waals surface area contributed by atoms with Gasteiger partial charge in [0.25, 0.3) is 0 Å². The maximum Gasteiger partial charge on any atom is 0.330 e. The Labute approximate surface area is 149 Å². The van der Waals surface area contributed by atoms with Gasteiger partial charge in [0.15, 0.2) is 5.15 Å². The van der Waals surface area contributed by atoms with Crippen LogP contribution in [0, 0.1) is 0 Å². The molecule has 1 heterocycles. The van der Waals surface area contributed by atoms with E-state index in [0.29, 0.717) is 10.8 Å². The molecular weight excluding hydrogens is 355 g/mol. The Hall–Kier alpha value is -2.31. The van der Waals surface area contributed by atoms with Crippen molar-refractivity contribution in [3.05, 3.63) is 52.4 Å². The summed E-state index contributed by atoms with van der Waals surface area (Å²) in [6.45, 7) is 0.212. The Kier molecular flexibility index (Phi) is 6.84. The molecule has 0 aliphatic heterocycles. The first kappa shape index (κ1) is 18.0. The average molecular weight is 369 g/mol. The number of esters is 1. The molecule has 0 saturated heterocycles. The van der Waals surface area contributed by atoms with E-state index in [2.05, 4.69) is 9.97 Å². The van der Waals surface area contributed by atoms with Crippen molar-refractivity contribution in [2.45, 2.75) is 0 Å². The molecule has 126 valence electrons. The molecule has 6 nitrogen and oxygen atoms in total. The minimum Gasteiger partial charge on any atom is -0.495 e. The predicted molar refractivity (Wildman–Crippen MR) is 90.5 cm³/mol. The van der Waals surface area contributed by atoms with Crippen LogP contribution in [0.1, 0.15) is 5.56 Å². The summed E-state index contributed by atoms with van der Waals surface area (Å²) in [7, 11) is 1.53. The molecule has 0 amide bonds. The standard InChI is InChI=1S/C16H14Cl2N2O4/c1-22-13-4-2-11(8-12(13)17)3-5-16(21)24-7-6-23-15-10-19-9-14(18)20-15/h2-5,8-10H,6-7H2,1H3/b5-3+. The molecule has 1 aromatic carbocycles. The van der Waals surface area contributed by atoms with Gasteiger partial charge in [0.2, 0.25) is 5.88 Å². The number of hydrogen-bond acceptors (Lipinski definition) is 6. The molecule has 2 rings (SSSR count). The third-order valence-electron chi connectivity index (χ3n) is 2.75. The summed E-state index contributed by atoms with van der Waals surface area (Å²) >= 11 is 11.7. The summed E-state index contributed by atoms with van der Waals surface area (Å²) in [5.41, 5.74) is 0.753. The predicted octanol–water partition coefficient (Wildman–Crippen LogP) is 3.43. The highest BCUT2D eigenvalue weighted by atomic mass is 35.5. The van der Waals surface area contributed by atoms with E-state index in [9.17, 15) is 4.79 Å². The Morgan fingerprint density at radius 1 is 1.25 bits per heavy atom. The molecule has 0 unspecified atom stereocenters. The third-order valence-corrected chi connectivity index (χ3v) is 3.23. The first-order valence-electron chi connectivity index (χ1n) is 6.87. The molecule has 0 saturated carbocycles. The number of methoxy groups -OCH3 is 1. The van der Waals surface area contributed by atoms with Crippen molar-refractivity contribution in [1.82, 2.24) is 9.97 Å². The summed E-state index contributed by atoms with van der Waals surface area (Å²) in [4.78, 5) is 19.3. The summed E-state index contributed by atoms with van der Waals surface area (Å²) in [6, 6.07) is 5.17. The number of aromatic nitrogens is 2. The van der Waals surface area contributed by atoms with Crippen LogP contribution >= 0.6 is 23.2 Å². The van der Waals surface area contributed by atoms with Crippen LogP contribution in [0.4, 0.5) is 0 Å². The summed E-state index contributed by atoms with van der Waals surface area (Å²) < 4.78 is 15.3. The van der Waals surface area contributed by atoms with E-state index in [4.69, 9.17) is 37.4 Å². The van der Waals surface area contributed by atoms with Gasteiger partial charge >= 0.3 is 5.97 Å². The van der Waals surface area contributed by atoms with Gasteiger partial charge in [0.05, 0.1) is 24.5 Å². The molecule has 0 atom stereocenters. The zero-order valence-corrected chi connectivity index (χ0v) is 14.3. The zero-order chi connectivity index (χ0) is 17.4. The fraction of sp³-hybridized carbons (Fsp3) is 0.188. The molecule has 0 N–H and O–H groups in total. The highest BCUT2D eigenvalue weighted by Gasteiger charge is 2.02. The van der Waals surface area contributed by atoms with Crippen LogP contribution in [0.5, 0.6) is 11.6 Å². The van der Waals surface area contributed by atoms with Gasteiger partial charge in [0.1, 0.15) is 19.0 Å². The van der Waals surface area contributed by atoms with Crippen LogP contribution < -0.4 is 9.47 Å². The summed E-state index contributed by atoms with van der Waals surface area (Å²) in [5, 5.41) is 0.689. The van der Waals surface area contributed by atoms with E-state index in [1.165, 1.54) is 25.6 Å². The number of carbonyl (C=O) groups excluding carboxylic acids is 1. The van der Waals surface area contributed by atoms with E-state index in [1.807, 2.05) is 0 Å². The van der Waals surface area contributed by atoms with Gasteiger partial charge in [-0.2, -0.15) is 4.98 Å². The quantitative estimate of drug-likeness (QED) is 0.423. The number of benzene rings is 1. The van der Waals surface area contributed by atoms with Gasteiger partial charge in [-0.3, -0.25) is 4.98 Å². The van der Waals surface area contributed by atoms with E-state index >= 15 is 0 Å². The van der Waals surface area contributed by atoms with E-state index in [1.54, 1.807) is 24.3 Å². The SMILES string of the molecule is COc1ccc(/C=C/C(=O)OCCOc2cncc(Cl)n2)cc1Cl. The molecule has 1 aromatic heterocycles. The number of ether oxygens (including phenoxy) is 3. The van der Waals surface area contributed by atoms with E-state index in [-0.39, 0.29) is 24.2 Å². The molecule has 2 aromatic rings. The Morgan fingerprint density at radius 3 is 2.79 bits per heavy atom. The first-order valence-corrected chi connectivity index (χ1v) is 7.63. The van der Waals surface area contributed by atoms with Crippen molar-refractivity contribution < 1.29 is 19.0 Å². The minimum atomic E-state index is -0.497. The normalized spacial score (nSPS) is 10.6. The van der Waals surface area contributed by atoms with Crippen LogP contribution in [0.25, 0.3) is 6.08 Å². The molecule has 0 fully saturated rings. The van der Waals surface area contributed by atoms with Gasteiger partial charge in [-0.15, -0.1) is 0 Å². The van der Waals surface area contributed by atoms with Crippen LogP contribution in [-0.2, 0) is 9.53 Å². The lowest BCUT2D eigenvalue weighted by Crippen LogP contribution is -2.11. The second-order valence-electron chi connectivity index (χ2n) is 4.42. The topological polar surface area (TPSA) is 70.5 Å². The van der Waals surface area contributed by atoms with Gasteiger partial charge in [-0.1, -0.05) is 29.3 Å². The largest absolute Gasteiger partial charge is 0.495 e. The van der Waals surface area contributed by atoms with E-state index < -0.39 is 5.97 Å². The van der Waals surface area contributed by atoms with Crippen molar-refractivity contribution in [1.29, 1.82) is 0 Å². The number of hydrogen-bond donors (Lipinski definition) is 0. The number of carbonyl (C=O) groups is 1. The van der Waals surface area contributed by atoms with Gasteiger partial charge in [-0.25, -0.2) is 4.79 Å². The Morgan fingerprint density at radius 2 is 2.08 bits per heavy atom. The van der Waals surface area contributed by atoms with Crippen LogP contribution in [0.2, 0.25) is 10.2 Å². The monoisotopic (exact) mass is 368 g/mol. The van der Waals surface area contributed by atoms with Crippen molar-refractivity contribution >= 4 is 35.2 Å². The van der Waals surface area contributed by atoms with Crippen molar-refractivity contribution in [2.75, 3.05) is 20.3 Å². The summed E-state index contributed by atoms with van der Waals surface area (Å²) in [6.07, 6.45) is 5.71. The maximum atomic E-state index is 11.6. The van der Waals surface area contributed by atoms with Crippen molar-refractivity contribution in [3.63, 3.8) is 0 Å². The maximum absolute atomic E-state index is 11.6. The highest BCUT2D eigenvalue weighted by molar-refractivity contribution is 6.32. The lowest BCUT2D eigenvalue weighted by Gasteiger charge is -2.05. The van der Waals surface area contributed by atoms with Crippen molar-refractivity contribution in [2.24, 2.45) is 0 Å². The molecule has 8 heteroatoms. The molecule has 0 aliphatic carbocycles.